The van der Waals surface area contributed by atoms with Crippen LogP contribution in [0.3, 0.4) is 0 Å². The van der Waals surface area contributed by atoms with Crippen LogP contribution in [0.5, 0.6) is 0 Å². The minimum absolute atomic E-state index is 0.0617. The molecular formula is C14H23N3O3S. The van der Waals surface area contributed by atoms with Gasteiger partial charge in [-0.2, -0.15) is 0 Å². The number of sulfonamides is 1. The second-order valence-corrected chi connectivity index (χ2v) is 7.23. The molecule has 0 radical (unpaired) electrons. The van der Waals surface area contributed by atoms with Gasteiger partial charge in [0, 0.05) is 27.2 Å². The number of carbonyl (C=O) groups is 1. The molecule has 1 aromatic carbocycles. The third-order valence-electron chi connectivity index (χ3n) is 3.30. The molecule has 0 aliphatic heterocycles. The topological polar surface area (TPSA) is 78.5 Å². The number of amides is 1. The van der Waals surface area contributed by atoms with Crippen LogP contribution in [0.1, 0.15) is 25.5 Å². The fraction of sp³-hybridized carbons (Fsp3) is 0.500. The Hall–Kier alpha value is -1.44. The number of nitrogens with one attached hydrogen (secondary N) is 2. The maximum atomic E-state index is 12.0. The summed E-state index contributed by atoms with van der Waals surface area (Å²) >= 11 is 0. The lowest BCUT2D eigenvalue weighted by atomic mass is 10.1. The predicted molar refractivity (Wildman–Crippen MR) is 82.4 cm³/mol. The summed E-state index contributed by atoms with van der Waals surface area (Å²) in [5.74, 6) is -0.0892. The van der Waals surface area contributed by atoms with Crippen molar-refractivity contribution >= 4 is 15.9 Å². The monoisotopic (exact) mass is 313 g/mol. The van der Waals surface area contributed by atoms with Gasteiger partial charge in [0.05, 0.1) is 10.9 Å². The van der Waals surface area contributed by atoms with Gasteiger partial charge in [-0.15, -0.1) is 0 Å². The molecule has 2 atom stereocenters. The Kier molecular flexibility index (Phi) is 5.88. The van der Waals surface area contributed by atoms with Crippen molar-refractivity contribution in [2.75, 3.05) is 21.1 Å². The highest BCUT2D eigenvalue weighted by Gasteiger charge is 2.18. The number of nitrogens with zero attached hydrogens (tertiary/aromatic N) is 1. The Bertz CT molecular complexity index is 582. The van der Waals surface area contributed by atoms with E-state index in [9.17, 15) is 13.2 Å². The molecule has 0 bridgehead atoms. The normalized spacial score (nSPS) is 14.8. The lowest BCUT2D eigenvalue weighted by molar-refractivity contribution is -0.122. The first-order valence-corrected chi connectivity index (χ1v) is 8.14. The average Bonchev–Trinajstić information content (AvgIpc) is 2.46. The predicted octanol–water partition coefficient (Wildman–Crippen LogP) is 0.722. The zero-order valence-corrected chi connectivity index (χ0v) is 13.9. The SMILES string of the molecule is CNC(=O)C(C)NC(C)c1ccc(S(=O)(=O)N(C)C)cc1. The Labute approximate surface area is 126 Å². The lowest BCUT2D eigenvalue weighted by Gasteiger charge is -2.19. The largest absolute Gasteiger partial charge is 0.358 e. The number of benzene rings is 1. The molecule has 0 saturated heterocycles. The summed E-state index contributed by atoms with van der Waals surface area (Å²) in [7, 11) is 1.18. The van der Waals surface area contributed by atoms with E-state index in [0.717, 1.165) is 5.56 Å². The molecule has 1 amide bonds. The summed E-state index contributed by atoms with van der Waals surface area (Å²) in [4.78, 5) is 11.7. The first-order valence-electron chi connectivity index (χ1n) is 6.70. The van der Waals surface area contributed by atoms with Crippen LogP contribution in [-0.4, -0.2) is 45.8 Å². The summed E-state index contributed by atoms with van der Waals surface area (Å²) in [5, 5.41) is 5.73. The van der Waals surface area contributed by atoms with Gasteiger partial charge in [-0.3, -0.25) is 10.1 Å². The molecule has 118 valence electrons. The molecule has 0 fully saturated rings. The van der Waals surface area contributed by atoms with Crippen LogP contribution in [-0.2, 0) is 14.8 Å². The molecule has 1 rings (SSSR count). The zero-order chi connectivity index (χ0) is 16.2. The molecule has 2 unspecified atom stereocenters. The second kappa shape index (κ2) is 7.02. The zero-order valence-electron chi connectivity index (χ0n) is 13.0. The highest BCUT2D eigenvalue weighted by atomic mass is 32.2. The maximum absolute atomic E-state index is 12.0. The maximum Gasteiger partial charge on any atom is 0.242 e. The minimum atomic E-state index is -3.41. The van der Waals surface area contributed by atoms with Crippen LogP contribution in [0.4, 0.5) is 0 Å². The second-order valence-electron chi connectivity index (χ2n) is 5.08. The van der Waals surface area contributed by atoms with E-state index >= 15 is 0 Å². The molecule has 21 heavy (non-hydrogen) atoms. The lowest BCUT2D eigenvalue weighted by Crippen LogP contribution is -2.41. The number of carbonyl (C=O) groups excluding carboxylic acids is 1. The minimum Gasteiger partial charge on any atom is -0.358 e. The van der Waals surface area contributed by atoms with Gasteiger partial charge in [-0.1, -0.05) is 12.1 Å². The van der Waals surface area contributed by atoms with Gasteiger partial charge in [0.1, 0.15) is 0 Å². The van der Waals surface area contributed by atoms with E-state index in [4.69, 9.17) is 0 Å². The molecule has 0 aliphatic carbocycles. The van der Waals surface area contributed by atoms with Crippen molar-refractivity contribution in [3.8, 4) is 0 Å². The van der Waals surface area contributed by atoms with E-state index < -0.39 is 10.0 Å². The van der Waals surface area contributed by atoms with Gasteiger partial charge in [0.15, 0.2) is 0 Å². The van der Waals surface area contributed by atoms with Gasteiger partial charge in [0.2, 0.25) is 15.9 Å². The number of hydrogen-bond donors (Lipinski definition) is 2. The summed E-state index contributed by atoms with van der Waals surface area (Å²) in [6.45, 7) is 3.70. The van der Waals surface area contributed by atoms with Crippen LogP contribution < -0.4 is 10.6 Å². The molecule has 0 aliphatic rings. The summed E-state index contributed by atoms with van der Waals surface area (Å²) < 4.78 is 25.1. The van der Waals surface area contributed by atoms with E-state index in [1.807, 2.05) is 6.92 Å². The van der Waals surface area contributed by atoms with Crippen LogP contribution in [0.25, 0.3) is 0 Å². The van der Waals surface area contributed by atoms with Crippen LogP contribution in [0.2, 0.25) is 0 Å². The fourth-order valence-corrected chi connectivity index (χ4v) is 2.80. The third-order valence-corrected chi connectivity index (χ3v) is 5.13. The molecule has 7 heteroatoms. The number of hydrogen-bond acceptors (Lipinski definition) is 4. The molecule has 0 saturated carbocycles. The Morgan fingerprint density at radius 3 is 2.10 bits per heavy atom. The summed E-state index contributed by atoms with van der Waals surface area (Å²) in [6.07, 6.45) is 0. The number of rotatable bonds is 6. The van der Waals surface area contributed by atoms with Crippen molar-refractivity contribution in [2.24, 2.45) is 0 Å². The Balaban J connectivity index is 2.86. The molecule has 0 spiro atoms. The van der Waals surface area contributed by atoms with E-state index in [1.54, 1.807) is 38.2 Å². The average molecular weight is 313 g/mol. The van der Waals surface area contributed by atoms with Crippen molar-refractivity contribution in [1.82, 2.24) is 14.9 Å². The smallest absolute Gasteiger partial charge is 0.242 e. The van der Waals surface area contributed by atoms with E-state index in [1.165, 1.54) is 18.4 Å². The summed E-state index contributed by atoms with van der Waals surface area (Å²) in [6, 6.07) is 6.28. The van der Waals surface area contributed by atoms with Gasteiger partial charge >= 0.3 is 0 Å². The highest BCUT2D eigenvalue weighted by molar-refractivity contribution is 7.89. The van der Waals surface area contributed by atoms with Crippen molar-refractivity contribution in [1.29, 1.82) is 0 Å². The standard InChI is InChI=1S/C14H23N3O3S/c1-10(16-11(2)14(18)15-3)12-6-8-13(9-7-12)21(19,20)17(4)5/h6-11,16H,1-5H3,(H,15,18). The van der Waals surface area contributed by atoms with Crippen LogP contribution in [0, 0.1) is 0 Å². The summed E-state index contributed by atoms with van der Waals surface area (Å²) in [5.41, 5.74) is 0.920. The van der Waals surface area contributed by atoms with Gasteiger partial charge in [0.25, 0.3) is 0 Å². The third kappa shape index (κ3) is 4.26. The number of likely N-dealkylation sites (N-methyl/N-ethyl adjacent to an activating group) is 1. The van der Waals surface area contributed by atoms with Gasteiger partial charge < -0.3 is 5.32 Å². The fourth-order valence-electron chi connectivity index (χ4n) is 1.90. The van der Waals surface area contributed by atoms with E-state index in [2.05, 4.69) is 10.6 Å². The molecule has 0 heterocycles. The quantitative estimate of drug-likeness (QED) is 0.811. The van der Waals surface area contributed by atoms with Crippen LogP contribution in [0.15, 0.2) is 29.2 Å². The van der Waals surface area contributed by atoms with Crippen molar-refractivity contribution < 1.29 is 13.2 Å². The van der Waals surface area contributed by atoms with Crippen LogP contribution >= 0.6 is 0 Å². The van der Waals surface area contributed by atoms with Crippen molar-refractivity contribution in [3.63, 3.8) is 0 Å². The first-order chi connectivity index (χ1) is 9.70. The van der Waals surface area contributed by atoms with E-state index in [-0.39, 0.29) is 22.9 Å². The van der Waals surface area contributed by atoms with Gasteiger partial charge in [-0.25, -0.2) is 12.7 Å². The molecule has 2 N–H and O–H groups in total. The van der Waals surface area contributed by atoms with Crippen molar-refractivity contribution in [2.45, 2.75) is 30.8 Å². The first kappa shape index (κ1) is 17.6. The Morgan fingerprint density at radius 2 is 1.67 bits per heavy atom. The Morgan fingerprint density at radius 1 is 1.14 bits per heavy atom. The van der Waals surface area contributed by atoms with Gasteiger partial charge in [-0.05, 0) is 31.5 Å². The van der Waals surface area contributed by atoms with E-state index in [0.29, 0.717) is 0 Å². The highest BCUT2D eigenvalue weighted by Crippen LogP contribution is 2.18. The molecule has 0 aromatic heterocycles. The molecule has 6 nitrogen and oxygen atoms in total. The molecular weight excluding hydrogens is 290 g/mol. The van der Waals surface area contributed by atoms with Crippen molar-refractivity contribution in [3.05, 3.63) is 29.8 Å². The molecule has 1 aromatic rings.